The number of likely N-dealkylation sites (tertiary alicyclic amines) is 1. The Morgan fingerprint density at radius 2 is 1.97 bits per heavy atom. The molecule has 1 fully saturated rings. The van der Waals surface area contributed by atoms with Gasteiger partial charge in [-0.2, -0.15) is 8.78 Å². The highest BCUT2D eigenvalue weighted by Gasteiger charge is 2.43. The van der Waals surface area contributed by atoms with Crippen LogP contribution in [0.1, 0.15) is 41.1 Å². The Bertz CT molecular complexity index is 1320. The van der Waals surface area contributed by atoms with Gasteiger partial charge in [0.25, 0.3) is 5.92 Å². The molecule has 1 aliphatic heterocycles. The predicted molar refractivity (Wildman–Crippen MR) is 128 cm³/mol. The minimum Gasteiger partial charge on any atom is -0.433 e. The molecule has 0 amide bonds. The average Bonchev–Trinajstić information content (AvgIpc) is 3.15. The number of benzene rings is 2. The van der Waals surface area contributed by atoms with E-state index in [1.807, 2.05) is 25.9 Å². The molecule has 0 N–H and O–H groups in total. The van der Waals surface area contributed by atoms with E-state index in [4.69, 9.17) is 9.72 Å². The van der Waals surface area contributed by atoms with Crippen LogP contribution in [0.4, 0.5) is 17.6 Å². The van der Waals surface area contributed by atoms with Crippen molar-refractivity contribution in [3.05, 3.63) is 53.3 Å². The van der Waals surface area contributed by atoms with Crippen molar-refractivity contribution >= 4 is 17.3 Å². The summed E-state index contributed by atoms with van der Waals surface area (Å²) in [6.45, 7) is -1.52. The maximum absolute atomic E-state index is 13.3. The lowest BCUT2D eigenvalue weighted by Gasteiger charge is -2.37. The third-order valence-corrected chi connectivity index (χ3v) is 6.03. The first-order valence-electron chi connectivity index (χ1n) is 11.4. The summed E-state index contributed by atoms with van der Waals surface area (Å²) >= 11 is 0. The molecule has 3 aromatic rings. The number of imidazole rings is 1. The van der Waals surface area contributed by atoms with Crippen molar-refractivity contribution in [3.8, 4) is 23.3 Å². The van der Waals surface area contributed by atoms with Crippen LogP contribution in [0, 0.1) is 11.8 Å². The van der Waals surface area contributed by atoms with Gasteiger partial charge in [-0.3, -0.25) is 19.2 Å². The average molecular weight is 503 g/mol. The van der Waals surface area contributed by atoms with Gasteiger partial charge < -0.3 is 4.74 Å². The lowest BCUT2D eigenvalue weighted by atomic mass is 10.1. The van der Waals surface area contributed by atoms with Gasteiger partial charge in [0, 0.05) is 11.1 Å². The molecule has 2 aromatic carbocycles. The molecule has 0 aliphatic carbocycles. The Kier molecular flexibility index (Phi) is 7.33. The molecule has 0 radical (unpaired) electrons. The molecular formula is C26H26F4N4O2. The van der Waals surface area contributed by atoms with Gasteiger partial charge in [-0.15, -0.1) is 0 Å². The van der Waals surface area contributed by atoms with Crippen molar-refractivity contribution in [2.45, 2.75) is 31.9 Å². The van der Waals surface area contributed by atoms with Crippen molar-refractivity contribution in [2.24, 2.45) is 0 Å². The molecule has 0 saturated carbocycles. The van der Waals surface area contributed by atoms with E-state index in [1.54, 1.807) is 27.7 Å². The summed E-state index contributed by atoms with van der Waals surface area (Å²) < 4.78 is 59.2. The number of carbonyl (C=O) groups is 1. The second-order valence-electron chi connectivity index (χ2n) is 8.89. The van der Waals surface area contributed by atoms with E-state index in [1.165, 1.54) is 18.2 Å². The monoisotopic (exact) mass is 502 g/mol. The third-order valence-electron chi connectivity index (χ3n) is 6.03. The third kappa shape index (κ3) is 5.22. The van der Waals surface area contributed by atoms with Gasteiger partial charge in [0.15, 0.2) is 12.0 Å². The number of hydrogen-bond acceptors (Lipinski definition) is 5. The number of aldehydes is 1. The normalized spacial score (nSPS) is 16.0. The zero-order chi connectivity index (χ0) is 26.0. The second-order valence-corrected chi connectivity index (χ2v) is 8.89. The molecule has 0 bridgehead atoms. The van der Waals surface area contributed by atoms with E-state index in [2.05, 4.69) is 11.8 Å². The van der Waals surface area contributed by atoms with E-state index < -0.39 is 12.5 Å². The van der Waals surface area contributed by atoms with Crippen LogP contribution in [0.15, 0.2) is 36.4 Å². The van der Waals surface area contributed by atoms with Crippen LogP contribution >= 0.6 is 0 Å². The minimum absolute atomic E-state index is 0.154. The number of carbonyl (C=O) groups excluding carboxylic acids is 1. The van der Waals surface area contributed by atoms with E-state index >= 15 is 0 Å². The first-order chi connectivity index (χ1) is 17.1. The Labute approximate surface area is 206 Å². The zero-order valence-corrected chi connectivity index (χ0v) is 20.1. The quantitative estimate of drug-likeness (QED) is 0.253. The van der Waals surface area contributed by atoms with Crippen molar-refractivity contribution < 1.29 is 27.1 Å². The van der Waals surface area contributed by atoms with Crippen molar-refractivity contribution in [1.82, 2.24) is 19.4 Å². The van der Waals surface area contributed by atoms with Crippen molar-refractivity contribution in [2.75, 3.05) is 33.7 Å². The fourth-order valence-electron chi connectivity index (χ4n) is 4.45. The minimum atomic E-state index is -3.09. The van der Waals surface area contributed by atoms with Gasteiger partial charge in [0.2, 0.25) is 0 Å². The molecule has 1 saturated heterocycles. The zero-order valence-electron chi connectivity index (χ0n) is 20.1. The van der Waals surface area contributed by atoms with Crippen LogP contribution in [0.2, 0.25) is 0 Å². The predicted octanol–water partition coefficient (Wildman–Crippen LogP) is 4.75. The maximum Gasteiger partial charge on any atom is 0.387 e. The molecule has 1 aromatic heterocycles. The lowest BCUT2D eigenvalue weighted by Crippen LogP contribution is -2.55. The standard InChI is InChI=1S/C26H26F4N4O2/c1-4-20(32(2)3)24-31-19-11-10-17(7-6-12-33-15-26(29,30)16-33)13-21(19)34(24)23-18(14-35)8-5-9-22(23)36-25(27)28/h5,8-11,13-14,20,25H,4,12,15-16H2,1-3H3. The van der Waals surface area contributed by atoms with Crippen LogP contribution in [-0.2, 0) is 0 Å². The summed E-state index contributed by atoms with van der Waals surface area (Å²) in [6, 6.07) is 9.46. The lowest BCUT2D eigenvalue weighted by molar-refractivity contribution is -0.125. The van der Waals surface area contributed by atoms with Gasteiger partial charge >= 0.3 is 6.61 Å². The second kappa shape index (κ2) is 10.3. The summed E-state index contributed by atoms with van der Waals surface area (Å²) in [6.07, 6.45) is 1.25. The van der Waals surface area contributed by atoms with Crippen LogP contribution in [0.5, 0.6) is 5.75 Å². The first-order valence-corrected chi connectivity index (χ1v) is 11.4. The van der Waals surface area contributed by atoms with E-state index in [0.717, 1.165) is 0 Å². The topological polar surface area (TPSA) is 50.6 Å². The number of ether oxygens (including phenoxy) is 1. The highest BCUT2D eigenvalue weighted by molar-refractivity contribution is 5.87. The number of halogens is 4. The Morgan fingerprint density at radius 3 is 2.58 bits per heavy atom. The van der Waals surface area contributed by atoms with E-state index in [0.29, 0.717) is 35.1 Å². The van der Waals surface area contributed by atoms with Crippen LogP contribution in [-0.4, -0.2) is 71.9 Å². The van der Waals surface area contributed by atoms with Gasteiger partial charge in [-0.25, -0.2) is 13.8 Å². The number of aromatic nitrogens is 2. The number of nitrogens with zero attached hydrogens (tertiary/aromatic N) is 4. The molecule has 10 heteroatoms. The molecule has 190 valence electrons. The first kappa shape index (κ1) is 25.7. The SMILES string of the molecule is CCC(c1nc2ccc(C#CCN3CC(F)(F)C3)cc2n1-c1c(C=O)cccc1OC(F)F)N(C)C. The largest absolute Gasteiger partial charge is 0.433 e. The Morgan fingerprint density at radius 1 is 1.22 bits per heavy atom. The number of alkyl halides is 4. The van der Waals surface area contributed by atoms with Gasteiger partial charge in [0.05, 0.1) is 36.7 Å². The summed E-state index contributed by atoms with van der Waals surface area (Å²) in [5.41, 5.74) is 2.07. The summed E-state index contributed by atoms with van der Waals surface area (Å²) in [4.78, 5) is 20.3. The molecular weight excluding hydrogens is 476 g/mol. The van der Waals surface area contributed by atoms with Crippen molar-refractivity contribution in [1.29, 1.82) is 0 Å². The number of para-hydroxylation sites is 1. The molecule has 1 aliphatic rings. The van der Waals surface area contributed by atoms with Crippen LogP contribution < -0.4 is 4.74 Å². The highest BCUT2D eigenvalue weighted by atomic mass is 19.3. The van der Waals surface area contributed by atoms with Crippen LogP contribution in [0.3, 0.4) is 0 Å². The summed E-state index contributed by atoms with van der Waals surface area (Å²) in [5, 5.41) is 0. The molecule has 36 heavy (non-hydrogen) atoms. The summed E-state index contributed by atoms with van der Waals surface area (Å²) in [7, 11) is 3.77. The Hall–Kier alpha value is -3.42. The molecule has 2 heterocycles. The number of rotatable bonds is 8. The van der Waals surface area contributed by atoms with Gasteiger partial charge in [0.1, 0.15) is 11.5 Å². The number of hydrogen-bond donors (Lipinski definition) is 0. The molecule has 1 unspecified atom stereocenters. The molecule has 1 atom stereocenters. The smallest absolute Gasteiger partial charge is 0.387 e. The molecule has 0 spiro atoms. The fraction of sp³-hybridized carbons (Fsp3) is 0.385. The van der Waals surface area contributed by atoms with E-state index in [-0.39, 0.29) is 42.7 Å². The summed E-state index contributed by atoms with van der Waals surface area (Å²) in [5.74, 6) is 3.64. The highest BCUT2D eigenvalue weighted by Crippen LogP contribution is 2.36. The van der Waals surface area contributed by atoms with Gasteiger partial charge in [-0.05, 0) is 50.8 Å². The van der Waals surface area contributed by atoms with Crippen molar-refractivity contribution in [3.63, 3.8) is 0 Å². The Balaban J connectivity index is 1.87. The fourth-order valence-corrected chi connectivity index (χ4v) is 4.45. The van der Waals surface area contributed by atoms with Crippen LogP contribution in [0.25, 0.3) is 16.7 Å². The van der Waals surface area contributed by atoms with E-state index in [9.17, 15) is 22.4 Å². The maximum atomic E-state index is 13.3. The number of fused-ring (bicyclic) bond motifs is 1. The molecule has 4 rings (SSSR count). The molecule has 6 nitrogen and oxygen atoms in total. The van der Waals surface area contributed by atoms with Gasteiger partial charge in [-0.1, -0.05) is 24.8 Å².